The van der Waals surface area contributed by atoms with E-state index in [0.717, 1.165) is 5.56 Å². The van der Waals surface area contributed by atoms with E-state index in [1.54, 1.807) is 37.3 Å². The molecule has 0 bridgehead atoms. The van der Waals surface area contributed by atoms with Gasteiger partial charge in [0.1, 0.15) is 11.6 Å². The number of amides is 1. The Bertz CT molecular complexity index is 997. The summed E-state index contributed by atoms with van der Waals surface area (Å²) in [7, 11) is 0. The number of carbonyl (C=O) groups is 1. The maximum Gasteiger partial charge on any atom is 0.269 e. The van der Waals surface area contributed by atoms with Crippen molar-refractivity contribution in [3.63, 3.8) is 0 Å². The molecule has 0 aliphatic carbocycles. The van der Waals surface area contributed by atoms with E-state index in [1.807, 2.05) is 6.92 Å². The van der Waals surface area contributed by atoms with Gasteiger partial charge < -0.3 is 5.32 Å². The molecule has 1 atom stereocenters. The highest BCUT2D eigenvalue weighted by Crippen LogP contribution is 2.23. The minimum absolute atomic E-state index is 0.0219. The zero-order valence-electron chi connectivity index (χ0n) is 15.4. The Morgan fingerprint density at radius 3 is 2.46 bits per heavy atom. The van der Waals surface area contributed by atoms with Crippen LogP contribution in [0.4, 0.5) is 15.9 Å². The molecule has 8 heteroatoms. The number of carbonyl (C=O) groups excluding carboxylic acids is 1. The second-order valence-corrected chi connectivity index (χ2v) is 6.56. The summed E-state index contributed by atoms with van der Waals surface area (Å²) in [5.74, 6) is -0.136. The van der Waals surface area contributed by atoms with Crippen LogP contribution in [-0.4, -0.2) is 20.6 Å². The Kier molecular flexibility index (Phi) is 5.49. The molecular formula is C20H19FN4O3. The Hall–Kier alpha value is -3.55. The number of benzene rings is 2. The lowest BCUT2D eigenvalue weighted by Gasteiger charge is -2.13. The highest BCUT2D eigenvalue weighted by molar-refractivity contribution is 5.90. The Morgan fingerprint density at radius 1 is 1.21 bits per heavy atom. The van der Waals surface area contributed by atoms with Gasteiger partial charge in [-0.25, -0.2) is 9.07 Å². The van der Waals surface area contributed by atoms with E-state index >= 15 is 0 Å². The van der Waals surface area contributed by atoms with Gasteiger partial charge in [0.25, 0.3) is 5.69 Å². The summed E-state index contributed by atoms with van der Waals surface area (Å²) < 4.78 is 14.6. The van der Waals surface area contributed by atoms with Crippen molar-refractivity contribution in [3.8, 4) is 5.69 Å². The number of non-ortho nitro benzene ring substituents is 1. The number of halogens is 1. The third kappa shape index (κ3) is 4.40. The summed E-state index contributed by atoms with van der Waals surface area (Å²) in [5, 5.41) is 18.0. The van der Waals surface area contributed by atoms with Crippen molar-refractivity contribution in [3.05, 3.63) is 81.8 Å². The van der Waals surface area contributed by atoms with Gasteiger partial charge in [0.15, 0.2) is 0 Å². The van der Waals surface area contributed by atoms with Crippen molar-refractivity contribution < 1.29 is 14.1 Å². The smallest absolute Gasteiger partial charge is 0.269 e. The topological polar surface area (TPSA) is 90.1 Å². The van der Waals surface area contributed by atoms with Gasteiger partial charge in [0.05, 0.1) is 16.3 Å². The molecule has 0 aliphatic heterocycles. The van der Waals surface area contributed by atoms with Crippen LogP contribution in [0.2, 0.25) is 0 Å². The Morgan fingerprint density at radius 2 is 1.86 bits per heavy atom. The lowest BCUT2D eigenvalue weighted by Crippen LogP contribution is -2.17. The second kappa shape index (κ2) is 7.99. The molecule has 0 saturated heterocycles. The molecule has 0 spiro atoms. The maximum absolute atomic E-state index is 13.1. The number of nitrogens with zero attached hydrogens (tertiary/aromatic N) is 3. The van der Waals surface area contributed by atoms with Gasteiger partial charge in [-0.15, -0.1) is 0 Å². The van der Waals surface area contributed by atoms with Crippen LogP contribution >= 0.6 is 0 Å². The van der Waals surface area contributed by atoms with Crippen LogP contribution < -0.4 is 5.32 Å². The third-order valence-electron chi connectivity index (χ3n) is 4.33. The van der Waals surface area contributed by atoms with E-state index in [1.165, 1.54) is 28.9 Å². The van der Waals surface area contributed by atoms with Crippen molar-refractivity contribution in [2.24, 2.45) is 0 Å². The fourth-order valence-electron chi connectivity index (χ4n) is 2.88. The lowest BCUT2D eigenvalue weighted by molar-refractivity contribution is -0.384. The number of nitrogens with one attached hydrogen (secondary N) is 1. The molecule has 1 amide bonds. The third-order valence-corrected chi connectivity index (χ3v) is 4.33. The number of nitro benzene ring substituents is 1. The zero-order chi connectivity index (χ0) is 20.3. The number of nitro groups is 1. The van der Waals surface area contributed by atoms with Crippen LogP contribution in [-0.2, 0) is 4.79 Å². The molecule has 28 heavy (non-hydrogen) atoms. The summed E-state index contributed by atoms with van der Waals surface area (Å²) in [4.78, 5) is 22.8. The van der Waals surface area contributed by atoms with E-state index in [-0.39, 0.29) is 29.8 Å². The normalized spacial score (nSPS) is 11.8. The Labute approximate surface area is 161 Å². The molecule has 1 aromatic heterocycles. The number of aryl methyl sites for hydroxylation is 1. The van der Waals surface area contributed by atoms with Crippen LogP contribution in [0.15, 0.2) is 54.6 Å². The number of rotatable bonds is 6. The number of aromatic nitrogens is 2. The monoisotopic (exact) mass is 382 g/mol. The van der Waals surface area contributed by atoms with Crippen molar-refractivity contribution in [1.82, 2.24) is 9.78 Å². The number of hydrogen-bond donors (Lipinski definition) is 1. The summed E-state index contributed by atoms with van der Waals surface area (Å²) in [5.41, 5.74) is 2.14. The van der Waals surface area contributed by atoms with E-state index < -0.39 is 4.92 Å². The van der Waals surface area contributed by atoms with E-state index in [4.69, 9.17) is 0 Å². The van der Waals surface area contributed by atoms with Gasteiger partial charge in [-0.2, -0.15) is 5.10 Å². The lowest BCUT2D eigenvalue weighted by atomic mass is 9.97. The van der Waals surface area contributed by atoms with Crippen LogP contribution in [0.1, 0.15) is 30.5 Å². The second-order valence-electron chi connectivity index (χ2n) is 6.56. The average molecular weight is 382 g/mol. The zero-order valence-corrected chi connectivity index (χ0v) is 15.4. The highest BCUT2D eigenvalue weighted by atomic mass is 19.1. The molecule has 2 aromatic carbocycles. The van der Waals surface area contributed by atoms with Gasteiger partial charge in [-0.05, 0) is 42.7 Å². The first-order valence-electron chi connectivity index (χ1n) is 8.70. The Balaban J connectivity index is 1.74. The average Bonchev–Trinajstić information content (AvgIpc) is 3.02. The first-order chi connectivity index (χ1) is 13.3. The predicted molar refractivity (Wildman–Crippen MR) is 103 cm³/mol. The van der Waals surface area contributed by atoms with Crippen molar-refractivity contribution in [2.45, 2.75) is 26.2 Å². The van der Waals surface area contributed by atoms with Crippen molar-refractivity contribution in [1.29, 1.82) is 0 Å². The predicted octanol–water partition coefficient (Wildman–Crippen LogP) is 4.36. The number of anilines is 1. The molecule has 1 unspecified atom stereocenters. The van der Waals surface area contributed by atoms with Crippen LogP contribution in [0.5, 0.6) is 0 Å². The molecule has 0 fully saturated rings. The molecule has 144 valence electrons. The summed E-state index contributed by atoms with van der Waals surface area (Å²) >= 11 is 0. The summed E-state index contributed by atoms with van der Waals surface area (Å²) in [6.07, 6.45) is 0.218. The molecule has 1 N–H and O–H groups in total. The number of hydrogen-bond acceptors (Lipinski definition) is 4. The fourth-order valence-corrected chi connectivity index (χ4v) is 2.88. The van der Waals surface area contributed by atoms with Crippen molar-refractivity contribution >= 4 is 17.4 Å². The SMILES string of the molecule is Cc1cc(NC(=O)CC(C)c2ccc(F)cc2)n(-c2ccc([N+](=O)[O-])cc2)n1. The first-order valence-corrected chi connectivity index (χ1v) is 8.70. The summed E-state index contributed by atoms with van der Waals surface area (Å²) in [6.45, 7) is 3.68. The van der Waals surface area contributed by atoms with E-state index in [9.17, 15) is 19.3 Å². The van der Waals surface area contributed by atoms with Crippen LogP contribution in [0.3, 0.4) is 0 Å². The van der Waals surface area contributed by atoms with Crippen molar-refractivity contribution in [2.75, 3.05) is 5.32 Å². The summed E-state index contributed by atoms with van der Waals surface area (Å²) in [6, 6.07) is 13.7. The standard InChI is InChI=1S/C20H19FN4O3/c1-13(15-3-5-16(21)6-4-15)11-20(26)22-19-12-14(2)23-24(19)17-7-9-18(10-8-17)25(27)28/h3-10,12-13H,11H2,1-2H3,(H,22,26). The molecule has 0 saturated carbocycles. The largest absolute Gasteiger partial charge is 0.311 e. The molecule has 7 nitrogen and oxygen atoms in total. The minimum Gasteiger partial charge on any atom is -0.311 e. The highest BCUT2D eigenvalue weighted by Gasteiger charge is 2.15. The van der Waals surface area contributed by atoms with E-state index in [0.29, 0.717) is 17.2 Å². The molecular weight excluding hydrogens is 363 g/mol. The van der Waals surface area contributed by atoms with Gasteiger partial charge in [0.2, 0.25) is 5.91 Å². The molecule has 0 radical (unpaired) electrons. The van der Waals surface area contributed by atoms with Gasteiger partial charge >= 0.3 is 0 Å². The van der Waals surface area contributed by atoms with Crippen LogP contribution in [0, 0.1) is 22.9 Å². The van der Waals surface area contributed by atoms with E-state index in [2.05, 4.69) is 10.4 Å². The molecule has 3 rings (SSSR count). The molecule has 1 heterocycles. The van der Waals surface area contributed by atoms with Crippen LogP contribution in [0.25, 0.3) is 5.69 Å². The van der Waals surface area contributed by atoms with Gasteiger partial charge in [0, 0.05) is 24.6 Å². The van der Waals surface area contributed by atoms with Gasteiger partial charge in [-0.1, -0.05) is 19.1 Å². The quantitative estimate of drug-likeness (QED) is 0.507. The fraction of sp³-hybridized carbons (Fsp3) is 0.200. The first kappa shape index (κ1) is 19.2. The molecule has 0 aliphatic rings. The molecule has 3 aromatic rings. The maximum atomic E-state index is 13.1. The minimum atomic E-state index is -0.475. The van der Waals surface area contributed by atoms with Gasteiger partial charge in [-0.3, -0.25) is 14.9 Å².